The van der Waals surface area contributed by atoms with Crippen LogP contribution < -0.4 is 0 Å². The number of aryl methyl sites for hydroxylation is 1. The molecule has 0 saturated heterocycles. The molecule has 0 bridgehead atoms. The van der Waals surface area contributed by atoms with Crippen LogP contribution in [0.2, 0.25) is 5.02 Å². The molecule has 0 radical (unpaired) electrons. The highest BCUT2D eigenvalue weighted by Gasteiger charge is 2.10. The van der Waals surface area contributed by atoms with E-state index in [9.17, 15) is 4.79 Å². The number of benzene rings is 2. The number of halogens is 1. The van der Waals surface area contributed by atoms with E-state index in [4.69, 9.17) is 11.6 Å². The maximum atomic E-state index is 12.3. The van der Waals surface area contributed by atoms with E-state index >= 15 is 0 Å². The maximum absolute atomic E-state index is 12.3. The molecule has 3 nitrogen and oxygen atoms in total. The highest BCUT2D eigenvalue weighted by molar-refractivity contribution is 8.03. The summed E-state index contributed by atoms with van der Waals surface area (Å²) in [7, 11) is 0. The second-order valence-corrected chi connectivity index (χ2v) is 9.37. The van der Waals surface area contributed by atoms with Crippen LogP contribution in [0.3, 0.4) is 0 Å². The van der Waals surface area contributed by atoms with Gasteiger partial charge in [-0.1, -0.05) is 89.8 Å². The number of ketones is 1. The van der Waals surface area contributed by atoms with Crippen LogP contribution in [0, 0.1) is 0 Å². The Balaban J connectivity index is 1.49. The van der Waals surface area contributed by atoms with E-state index in [-0.39, 0.29) is 5.78 Å². The van der Waals surface area contributed by atoms with Gasteiger partial charge in [-0.2, -0.15) is 0 Å². The Morgan fingerprint density at radius 2 is 1.58 bits per heavy atom. The summed E-state index contributed by atoms with van der Waals surface area (Å²) in [6, 6.07) is 15.6. The highest BCUT2D eigenvalue weighted by atomic mass is 35.5. The summed E-state index contributed by atoms with van der Waals surface area (Å²) in [5.74, 6) is 1.31. The Labute approximate surface area is 170 Å². The molecule has 0 unspecified atom stereocenters. The molecule has 0 spiro atoms. The van der Waals surface area contributed by atoms with Crippen molar-refractivity contribution in [2.45, 2.75) is 27.8 Å². The molecule has 2 aromatic carbocycles. The van der Waals surface area contributed by atoms with Crippen molar-refractivity contribution in [1.82, 2.24) is 10.2 Å². The topological polar surface area (TPSA) is 42.9 Å². The van der Waals surface area contributed by atoms with Gasteiger partial charge in [-0.15, -0.1) is 10.2 Å². The Kier molecular flexibility index (Phi) is 7.14. The summed E-state index contributed by atoms with van der Waals surface area (Å²) in [6.07, 6.45) is 0.977. The minimum atomic E-state index is 0.114. The van der Waals surface area contributed by atoms with Crippen molar-refractivity contribution in [3.8, 4) is 0 Å². The molecule has 0 aliphatic rings. The Bertz CT molecular complexity index is 863. The van der Waals surface area contributed by atoms with Crippen LogP contribution in [0.5, 0.6) is 0 Å². The van der Waals surface area contributed by atoms with Crippen molar-refractivity contribution >= 4 is 52.2 Å². The zero-order valence-corrected chi connectivity index (χ0v) is 17.4. The highest BCUT2D eigenvalue weighted by Crippen LogP contribution is 2.31. The SMILES string of the molecule is CCc1ccc(C(=O)CSc2nnc(SCc3ccc(Cl)cc3)s2)cc1. The molecule has 3 aromatic rings. The number of aromatic nitrogens is 2. The number of thioether (sulfide) groups is 2. The number of carbonyl (C=O) groups excluding carboxylic acids is 1. The third kappa shape index (κ3) is 5.58. The van der Waals surface area contributed by atoms with Gasteiger partial charge in [-0.05, 0) is 29.7 Å². The second kappa shape index (κ2) is 9.55. The smallest absolute Gasteiger partial charge is 0.175 e. The van der Waals surface area contributed by atoms with Crippen LogP contribution in [-0.2, 0) is 12.2 Å². The molecule has 0 aliphatic carbocycles. The minimum Gasteiger partial charge on any atom is -0.293 e. The van der Waals surface area contributed by atoms with Gasteiger partial charge < -0.3 is 0 Å². The molecule has 134 valence electrons. The fourth-order valence-electron chi connectivity index (χ4n) is 2.18. The maximum Gasteiger partial charge on any atom is 0.175 e. The van der Waals surface area contributed by atoms with Gasteiger partial charge in [0.1, 0.15) is 0 Å². The third-order valence-corrected chi connectivity index (χ3v) is 7.19. The molecule has 0 fully saturated rings. The largest absolute Gasteiger partial charge is 0.293 e. The van der Waals surface area contributed by atoms with Gasteiger partial charge in [0, 0.05) is 16.3 Å². The van der Waals surface area contributed by atoms with Crippen molar-refractivity contribution in [3.05, 3.63) is 70.2 Å². The van der Waals surface area contributed by atoms with Gasteiger partial charge in [0.2, 0.25) is 0 Å². The second-order valence-electron chi connectivity index (χ2n) is 5.51. The Morgan fingerprint density at radius 3 is 2.23 bits per heavy atom. The number of nitrogens with zero attached hydrogens (tertiary/aromatic N) is 2. The zero-order valence-electron chi connectivity index (χ0n) is 14.1. The standard InChI is InChI=1S/C19H17ClN2OS3/c1-2-13-3-7-15(8-4-13)17(23)12-25-19-22-21-18(26-19)24-11-14-5-9-16(20)10-6-14/h3-10H,2,11-12H2,1H3. The van der Waals surface area contributed by atoms with Crippen LogP contribution in [-0.4, -0.2) is 21.7 Å². The Morgan fingerprint density at radius 1 is 0.962 bits per heavy atom. The molecule has 0 N–H and O–H groups in total. The van der Waals surface area contributed by atoms with Gasteiger partial charge in [-0.3, -0.25) is 4.79 Å². The van der Waals surface area contributed by atoms with Gasteiger partial charge in [0.25, 0.3) is 0 Å². The lowest BCUT2D eigenvalue weighted by Gasteiger charge is -2.01. The zero-order chi connectivity index (χ0) is 18.4. The molecule has 0 amide bonds. The monoisotopic (exact) mass is 420 g/mol. The van der Waals surface area contributed by atoms with Crippen LogP contribution in [0.25, 0.3) is 0 Å². The molecule has 1 aromatic heterocycles. The van der Waals surface area contributed by atoms with Gasteiger partial charge in [0.15, 0.2) is 14.5 Å². The summed E-state index contributed by atoms with van der Waals surface area (Å²) in [5, 5.41) is 9.11. The van der Waals surface area contributed by atoms with E-state index in [1.165, 1.54) is 34.2 Å². The predicted octanol–water partition coefficient (Wildman–Crippen LogP) is 6.02. The lowest BCUT2D eigenvalue weighted by molar-refractivity contribution is 0.102. The van der Waals surface area contributed by atoms with E-state index in [1.54, 1.807) is 11.8 Å². The number of carbonyl (C=O) groups is 1. The molecular formula is C19H17ClN2OS3. The summed E-state index contributed by atoms with van der Waals surface area (Å²) in [5.41, 5.74) is 3.17. The average Bonchev–Trinajstić information content (AvgIpc) is 3.13. The molecule has 26 heavy (non-hydrogen) atoms. The van der Waals surface area contributed by atoms with Crippen molar-refractivity contribution in [3.63, 3.8) is 0 Å². The van der Waals surface area contributed by atoms with E-state index in [2.05, 4.69) is 17.1 Å². The molecular weight excluding hydrogens is 404 g/mol. The Hall–Kier alpha value is -1.34. The predicted molar refractivity (Wildman–Crippen MR) is 112 cm³/mol. The minimum absolute atomic E-state index is 0.114. The lowest BCUT2D eigenvalue weighted by Crippen LogP contribution is -2.02. The van der Waals surface area contributed by atoms with Gasteiger partial charge in [0.05, 0.1) is 5.75 Å². The quantitative estimate of drug-likeness (QED) is 0.329. The van der Waals surface area contributed by atoms with Crippen molar-refractivity contribution in [2.24, 2.45) is 0 Å². The van der Waals surface area contributed by atoms with E-state index < -0.39 is 0 Å². The average molecular weight is 421 g/mol. The van der Waals surface area contributed by atoms with Gasteiger partial charge in [-0.25, -0.2) is 0 Å². The lowest BCUT2D eigenvalue weighted by atomic mass is 10.1. The number of Topliss-reactive ketones (excluding diaryl/α,β-unsaturated/α-hetero) is 1. The summed E-state index contributed by atoms with van der Waals surface area (Å²) in [4.78, 5) is 12.3. The number of rotatable bonds is 8. The molecule has 7 heteroatoms. The molecule has 0 aliphatic heterocycles. The van der Waals surface area contributed by atoms with Gasteiger partial charge >= 0.3 is 0 Å². The van der Waals surface area contributed by atoms with Crippen LogP contribution >= 0.6 is 46.5 Å². The first-order chi connectivity index (χ1) is 12.6. The first kappa shape index (κ1) is 19.4. The van der Waals surface area contributed by atoms with E-state index in [1.807, 2.05) is 48.5 Å². The van der Waals surface area contributed by atoms with Crippen molar-refractivity contribution in [2.75, 3.05) is 5.75 Å². The molecule has 0 atom stereocenters. The van der Waals surface area contributed by atoms with Crippen molar-refractivity contribution in [1.29, 1.82) is 0 Å². The molecule has 1 heterocycles. The fourth-order valence-corrected chi connectivity index (χ4v) is 5.17. The molecule has 0 saturated carbocycles. The van der Waals surface area contributed by atoms with E-state index in [0.29, 0.717) is 5.75 Å². The summed E-state index contributed by atoms with van der Waals surface area (Å²) < 4.78 is 1.73. The first-order valence-electron chi connectivity index (χ1n) is 8.09. The van der Waals surface area contributed by atoms with E-state index in [0.717, 1.165) is 31.4 Å². The number of hydrogen-bond acceptors (Lipinski definition) is 6. The first-order valence-corrected chi connectivity index (χ1v) is 11.3. The van der Waals surface area contributed by atoms with Crippen LogP contribution in [0.1, 0.15) is 28.4 Å². The van der Waals surface area contributed by atoms with Crippen molar-refractivity contribution < 1.29 is 4.79 Å². The summed E-state index contributed by atoms with van der Waals surface area (Å²) in [6.45, 7) is 2.10. The van der Waals surface area contributed by atoms with Crippen LogP contribution in [0.15, 0.2) is 57.2 Å². The third-order valence-electron chi connectivity index (χ3n) is 3.67. The normalized spacial score (nSPS) is 10.8. The fraction of sp³-hybridized carbons (Fsp3) is 0.211. The van der Waals surface area contributed by atoms with Crippen LogP contribution in [0.4, 0.5) is 0 Å². The summed E-state index contributed by atoms with van der Waals surface area (Å²) >= 11 is 10.5. The number of hydrogen-bond donors (Lipinski definition) is 0. The molecule has 3 rings (SSSR count).